The smallest absolute Gasteiger partial charge is 0.275 e. The highest BCUT2D eigenvalue weighted by Crippen LogP contribution is 2.37. The number of amides is 2. The fourth-order valence-electron chi connectivity index (χ4n) is 5.03. The molecule has 3 aliphatic heterocycles. The van der Waals surface area contributed by atoms with E-state index in [0.29, 0.717) is 30.4 Å². The Labute approximate surface area is 227 Å². The molecule has 1 fully saturated rings. The molecule has 6 rings (SSSR count). The lowest BCUT2D eigenvalue weighted by molar-refractivity contribution is -0.121. The van der Waals surface area contributed by atoms with Crippen LogP contribution in [0.1, 0.15) is 48.3 Å². The number of fused-ring (bicyclic) bond motifs is 2. The molecule has 4 heterocycles. The van der Waals surface area contributed by atoms with Gasteiger partial charge in [-0.15, -0.1) is 0 Å². The SMILES string of the molecule is CC(C)(C)c1ccc2c(c1)N(Cc1nc(C(=O)N3CCN(Cc4ccc5c(c4)OCO5)CC3)co1)C(=O)CO2. The lowest BCUT2D eigenvalue weighted by Crippen LogP contribution is -2.48. The van der Waals surface area contributed by atoms with Gasteiger partial charge in [-0.2, -0.15) is 0 Å². The standard InChI is InChI=1S/C29H32N4O6/c1-29(2,3)20-5-7-23-22(13-20)33(27(34)17-36-23)15-26-30-21(16-37-26)28(35)32-10-8-31(9-11-32)14-19-4-6-24-25(12-19)39-18-38-24/h4-7,12-13,16H,8-11,14-15,17-18H2,1-3H3. The van der Waals surface area contributed by atoms with Crippen molar-refractivity contribution in [3.8, 4) is 17.2 Å². The zero-order valence-corrected chi connectivity index (χ0v) is 22.4. The van der Waals surface area contributed by atoms with Crippen molar-refractivity contribution >= 4 is 17.5 Å². The summed E-state index contributed by atoms with van der Waals surface area (Å²) in [7, 11) is 0. The van der Waals surface area contributed by atoms with E-state index in [0.717, 1.165) is 42.3 Å². The normalized spacial score (nSPS) is 17.3. The summed E-state index contributed by atoms with van der Waals surface area (Å²) in [5.74, 6) is 2.15. The van der Waals surface area contributed by atoms with Crippen molar-refractivity contribution in [1.82, 2.24) is 14.8 Å². The number of carbonyl (C=O) groups is 2. The van der Waals surface area contributed by atoms with Crippen LogP contribution < -0.4 is 19.1 Å². The van der Waals surface area contributed by atoms with E-state index in [1.807, 2.05) is 36.4 Å². The summed E-state index contributed by atoms with van der Waals surface area (Å²) in [4.78, 5) is 36.1. The zero-order chi connectivity index (χ0) is 27.1. The van der Waals surface area contributed by atoms with E-state index >= 15 is 0 Å². The number of rotatable bonds is 5. The van der Waals surface area contributed by atoms with Crippen LogP contribution in [-0.2, 0) is 23.3 Å². The van der Waals surface area contributed by atoms with Crippen molar-refractivity contribution in [3.63, 3.8) is 0 Å². The van der Waals surface area contributed by atoms with Gasteiger partial charge >= 0.3 is 0 Å². The number of carbonyl (C=O) groups excluding carboxylic acids is 2. The van der Waals surface area contributed by atoms with Crippen molar-refractivity contribution in [2.45, 2.75) is 39.3 Å². The van der Waals surface area contributed by atoms with Gasteiger partial charge in [-0.25, -0.2) is 4.98 Å². The highest BCUT2D eigenvalue weighted by molar-refractivity contribution is 5.98. The molecule has 39 heavy (non-hydrogen) atoms. The Morgan fingerprint density at radius 2 is 1.69 bits per heavy atom. The van der Waals surface area contributed by atoms with E-state index in [4.69, 9.17) is 18.6 Å². The third kappa shape index (κ3) is 5.16. The van der Waals surface area contributed by atoms with Crippen LogP contribution in [0, 0.1) is 0 Å². The van der Waals surface area contributed by atoms with Crippen molar-refractivity contribution in [2.75, 3.05) is 44.5 Å². The van der Waals surface area contributed by atoms with Crippen LogP contribution in [0.15, 0.2) is 47.1 Å². The Morgan fingerprint density at radius 1 is 0.923 bits per heavy atom. The van der Waals surface area contributed by atoms with E-state index in [-0.39, 0.29) is 42.9 Å². The molecule has 1 aromatic heterocycles. The molecule has 0 radical (unpaired) electrons. The van der Waals surface area contributed by atoms with Gasteiger partial charge in [0.1, 0.15) is 18.6 Å². The Bertz CT molecular complexity index is 1400. The Balaban J connectivity index is 1.08. The number of oxazole rings is 1. The Morgan fingerprint density at radius 3 is 2.49 bits per heavy atom. The Hall–Kier alpha value is -4.05. The monoisotopic (exact) mass is 532 g/mol. The van der Waals surface area contributed by atoms with Crippen LogP contribution in [-0.4, -0.2) is 66.2 Å². The maximum Gasteiger partial charge on any atom is 0.275 e. The topological polar surface area (TPSA) is 97.6 Å². The fourth-order valence-corrected chi connectivity index (χ4v) is 5.03. The van der Waals surface area contributed by atoms with Crippen LogP contribution in [0.25, 0.3) is 0 Å². The first-order valence-corrected chi connectivity index (χ1v) is 13.2. The van der Waals surface area contributed by atoms with Gasteiger partial charge in [-0.1, -0.05) is 32.9 Å². The highest BCUT2D eigenvalue weighted by atomic mass is 16.7. The summed E-state index contributed by atoms with van der Waals surface area (Å²) in [6, 6.07) is 11.9. The number of hydrogen-bond donors (Lipinski definition) is 0. The molecule has 0 N–H and O–H groups in total. The lowest BCUT2D eigenvalue weighted by atomic mass is 9.86. The first-order valence-electron chi connectivity index (χ1n) is 13.2. The number of aromatic nitrogens is 1. The molecular weight excluding hydrogens is 500 g/mol. The highest BCUT2D eigenvalue weighted by Gasteiger charge is 2.30. The lowest BCUT2D eigenvalue weighted by Gasteiger charge is -2.34. The maximum atomic E-state index is 13.2. The predicted molar refractivity (Wildman–Crippen MR) is 142 cm³/mol. The summed E-state index contributed by atoms with van der Waals surface area (Å²) in [6.45, 7) is 10.2. The van der Waals surface area contributed by atoms with Crippen molar-refractivity contribution in [3.05, 3.63) is 65.4 Å². The first kappa shape index (κ1) is 25.2. The van der Waals surface area contributed by atoms with Gasteiger partial charge < -0.3 is 23.5 Å². The number of hydrogen-bond acceptors (Lipinski definition) is 8. The van der Waals surface area contributed by atoms with E-state index < -0.39 is 0 Å². The molecule has 0 spiro atoms. The second kappa shape index (κ2) is 9.92. The molecule has 1 saturated heterocycles. The third-order valence-corrected chi connectivity index (χ3v) is 7.33. The van der Waals surface area contributed by atoms with Crippen molar-refractivity contribution < 1.29 is 28.2 Å². The zero-order valence-electron chi connectivity index (χ0n) is 22.4. The molecular formula is C29H32N4O6. The van der Waals surface area contributed by atoms with Gasteiger partial charge in [0.05, 0.1) is 5.69 Å². The predicted octanol–water partition coefficient (Wildman–Crippen LogP) is 3.58. The average molecular weight is 533 g/mol. The molecule has 10 nitrogen and oxygen atoms in total. The van der Waals surface area contributed by atoms with Crippen LogP contribution >= 0.6 is 0 Å². The van der Waals surface area contributed by atoms with Crippen molar-refractivity contribution in [1.29, 1.82) is 0 Å². The van der Waals surface area contributed by atoms with Crippen molar-refractivity contribution in [2.24, 2.45) is 0 Å². The van der Waals surface area contributed by atoms with E-state index in [2.05, 4.69) is 30.7 Å². The minimum Gasteiger partial charge on any atom is -0.482 e. The Kier molecular flexibility index (Phi) is 6.42. The number of ether oxygens (including phenoxy) is 3. The number of nitrogens with zero attached hydrogens (tertiary/aromatic N) is 4. The summed E-state index contributed by atoms with van der Waals surface area (Å²) < 4.78 is 22.2. The number of benzene rings is 2. The molecule has 3 aliphatic rings. The van der Waals surface area contributed by atoms with Gasteiger partial charge in [-0.3, -0.25) is 19.4 Å². The molecule has 0 atom stereocenters. The van der Waals surface area contributed by atoms with Crippen LogP contribution in [0.4, 0.5) is 5.69 Å². The van der Waals surface area contributed by atoms with Crippen LogP contribution in [0.3, 0.4) is 0 Å². The molecule has 3 aromatic rings. The molecule has 0 bridgehead atoms. The second-order valence-corrected chi connectivity index (χ2v) is 11.1. The molecule has 2 aromatic carbocycles. The van der Waals surface area contributed by atoms with E-state index in [1.54, 1.807) is 9.80 Å². The third-order valence-electron chi connectivity index (χ3n) is 7.33. The van der Waals surface area contributed by atoms with Gasteiger partial charge in [0, 0.05) is 32.7 Å². The maximum absolute atomic E-state index is 13.2. The van der Waals surface area contributed by atoms with E-state index in [1.165, 1.54) is 6.26 Å². The molecule has 0 saturated carbocycles. The molecule has 204 valence electrons. The molecule has 0 aliphatic carbocycles. The van der Waals surface area contributed by atoms with Gasteiger partial charge in [-0.05, 0) is 40.8 Å². The molecule has 2 amide bonds. The fraction of sp³-hybridized carbons (Fsp3) is 0.414. The van der Waals surface area contributed by atoms with Crippen LogP contribution in [0.5, 0.6) is 17.2 Å². The minimum atomic E-state index is -0.182. The van der Waals surface area contributed by atoms with E-state index in [9.17, 15) is 9.59 Å². The average Bonchev–Trinajstić information content (AvgIpc) is 3.59. The largest absolute Gasteiger partial charge is 0.482 e. The van der Waals surface area contributed by atoms with Gasteiger partial charge in [0.15, 0.2) is 23.8 Å². The summed E-state index contributed by atoms with van der Waals surface area (Å²) in [5.41, 5.74) is 3.08. The summed E-state index contributed by atoms with van der Waals surface area (Å²) >= 11 is 0. The summed E-state index contributed by atoms with van der Waals surface area (Å²) in [6.07, 6.45) is 1.38. The second-order valence-electron chi connectivity index (χ2n) is 11.1. The molecule has 0 unspecified atom stereocenters. The van der Waals surface area contributed by atoms with Gasteiger partial charge in [0.25, 0.3) is 11.8 Å². The number of piperazine rings is 1. The van der Waals surface area contributed by atoms with Gasteiger partial charge in [0.2, 0.25) is 12.7 Å². The number of anilines is 1. The van der Waals surface area contributed by atoms with Crippen LogP contribution in [0.2, 0.25) is 0 Å². The molecule has 10 heteroatoms. The quantitative estimate of drug-likeness (QED) is 0.492. The summed E-state index contributed by atoms with van der Waals surface area (Å²) in [5, 5.41) is 0. The minimum absolute atomic E-state index is 0.0507. The first-order chi connectivity index (χ1) is 18.7.